The summed E-state index contributed by atoms with van der Waals surface area (Å²) in [7, 11) is 0. The number of nitrogens with one attached hydrogen (secondary N) is 1. The van der Waals surface area contributed by atoms with Crippen LogP contribution in [0.5, 0.6) is 0 Å². The van der Waals surface area contributed by atoms with Crippen LogP contribution in [-0.2, 0) is 25.7 Å². The highest BCUT2D eigenvalue weighted by Crippen LogP contribution is 2.55. The molecule has 2 aliphatic heterocycles. The first kappa shape index (κ1) is 23.2. The van der Waals surface area contributed by atoms with E-state index in [-0.39, 0.29) is 30.0 Å². The van der Waals surface area contributed by atoms with Crippen molar-refractivity contribution in [2.24, 2.45) is 0 Å². The summed E-state index contributed by atoms with van der Waals surface area (Å²) >= 11 is 1.32. The maximum Gasteiger partial charge on any atom is 0.269 e. The summed E-state index contributed by atoms with van der Waals surface area (Å²) < 4.78 is 0. The van der Waals surface area contributed by atoms with E-state index in [4.69, 9.17) is 0 Å². The number of aryl methyl sites for hydroxylation is 3. The van der Waals surface area contributed by atoms with Gasteiger partial charge in [0.05, 0.1) is 11.4 Å². The lowest BCUT2D eigenvalue weighted by molar-refractivity contribution is -0.124. The van der Waals surface area contributed by atoms with Gasteiger partial charge in [-0.2, -0.15) is 0 Å². The Bertz CT molecular complexity index is 1350. The van der Waals surface area contributed by atoms with E-state index in [9.17, 15) is 14.4 Å². The van der Waals surface area contributed by atoms with Gasteiger partial charge in [-0.05, 0) is 55.2 Å². The molecule has 7 heteroatoms. The first-order chi connectivity index (χ1) is 16.9. The molecule has 3 aromatic carbocycles. The number of hydrogen-bond acceptors (Lipinski definition) is 4. The molecular formula is C28H27N3O3S. The summed E-state index contributed by atoms with van der Waals surface area (Å²) in [6.45, 7) is 5.83. The predicted molar refractivity (Wildman–Crippen MR) is 141 cm³/mol. The van der Waals surface area contributed by atoms with Gasteiger partial charge < -0.3 is 5.32 Å². The Kier molecular flexibility index (Phi) is 5.89. The summed E-state index contributed by atoms with van der Waals surface area (Å²) in [6, 6.07) is 21.0. The zero-order valence-corrected chi connectivity index (χ0v) is 20.8. The van der Waals surface area contributed by atoms with Crippen LogP contribution in [0, 0.1) is 13.8 Å². The monoisotopic (exact) mass is 485 g/mol. The Labute approximate surface area is 209 Å². The van der Waals surface area contributed by atoms with E-state index in [1.165, 1.54) is 16.7 Å². The summed E-state index contributed by atoms with van der Waals surface area (Å²) in [5.41, 5.74) is 5.90. The van der Waals surface area contributed by atoms with Gasteiger partial charge in [0.1, 0.15) is 6.54 Å². The number of rotatable bonds is 5. The zero-order valence-electron chi connectivity index (χ0n) is 20.0. The fraction of sp³-hybridized carbons (Fsp3) is 0.250. The van der Waals surface area contributed by atoms with E-state index in [2.05, 4.69) is 5.32 Å². The van der Waals surface area contributed by atoms with Crippen LogP contribution in [0.2, 0.25) is 0 Å². The van der Waals surface area contributed by atoms with Gasteiger partial charge in [0.2, 0.25) is 16.7 Å². The Morgan fingerprint density at radius 1 is 1.03 bits per heavy atom. The number of para-hydroxylation sites is 2. The number of amides is 3. The molecule has 2 aliphatic rings. The molecule has 1 atom stereocenters. The number of benzene rings is 3. The van der Waals surface area contributed by atoms with E-state index in [0.29, 0.717) is 11.4 Å². The number of nitrogens with zero attached hydrogens (tertiary/aromatic N) is 2. The Balaban J connectivity index is 1.52. The van der Waals surface area contributed by atoms with Crippen LogP contribution >= 0.6 is 11.8 Å². The molecule has 6 nitrogen and oxygen atoms in total. The van der Waals surface area contributed by atoms with Crippen LogP contribution < -0.4 is 15.1 Å². The summed E-state index contributed by atoms with van der Waals surface area (Å²) in [5, 5.41) is 3.03. The quantitative estimate of drug-likeness (QED) is 0.565. The first-order valence-corrected chi connectivity index (χ1v) is 12.7. The predicted octanol–water partition coefficient (Wildman–Crippen LogP) is 4.78. The third-order valence-corrected chi connectivity index (χ3v) is 8.02. The van der Waals surface area contributed by atoms with Gasteiger partial charge in [-0.25, -0.2) is 0 Å². The second-order valence-electron chi connectivity index (χ2n) is 8.92. The van der Waals surface area contributed by atoms with Gasteiger partial charge in [0, 0.05) is 16.9 Å². The van der Waals surface area contributed by atoms with Crippen molar-refractivity contribution in [3.05, 3.63) is 89.0 Å². The fourth-order valence-corrected chi connectivity index (χ4v) is 6.36. The minimum Gasteiger partial charge on any atom is -0.324 e. The van der Waals surface area contributed by atoms with Crippen molar-refractivity contribution in [3.63, 3.8) is 0 Å². The van der Waals surface area contributed by atoms with Gasteiger partial charge in [-0.1, -0.05) is 55.5 Å². The van der Waals surface area contributed by atoms with Crippen molar-refractivity contribution >= 4 is 46.5 Å². The second kappa shape index (κ2) is 8.89. The molecule has 0 bridgehead atoms. The van der Waals surface area contributed by atoms with Crippen LogP contribution in [0.15, 0.2) is 66.7 Å². The molecule has 1 spiro atoms. The third-order valence-electron chi connectivity index (χ3n) is 6.63. The Morgan fingerprint density at radius 3 is 2.57 bits per heavy atom. The van der Waals surface area contributed by atoms with Crippen molar-refractivity contribution in [3.8, 4) is 0 Å². The number of carbonyl (C=O) groups excluding carboxylic acids is 3. The van der Waals surface area contributed by atoms with Gasteiger partial charge in [-0.15, -0.1) is 11.8 Å². The Hall–Kier alpha value is -3.58. The van der Waals surface area contributed by atoms with E-state index < -0.39 is 4.87 Å². The average Bonchev–Trinajstić information content (AvgIpc) is 3.31. The first-order valence-electron chi connectivity index (χ1n) is 11.7. The van der Waals surface area contributed by atoms with E-state index in [1.807, 2.05) is 87.5 Å². The van der Waals surface area contributed by atoms with Crippen LogP contribution in [0.1, 0.15) is 29.2 Å². The number of hydrogen-bond donors (Lipinski definition) is 1. The molecule has 35 heavy (non-hydrogen) atoms. The molecule has 1 N–H and O–H groups in total. The van der Waals surface area contributed by atoms with Crippen molar-refractivity contribution < 1.29 is 14.4 Å². The summed E-state index contributed by atoms with van der Waals surface area (Å²) in [5.74, 6) is -0.475. The van der Waals surface area contributed by atoms with Crippen molar-refractivity contribution in [1.82, 2.24) is 0 Å². The molecule has 0 saturated carbocycles. The van der Waals surface area contributed by atoms with Gasteiger partial charge in [0.25, 0.3) is 5.91 Å². The number of anilines is 3. The van der Waals surface area contributed by atoms with Crippen molar-refractivity contribution in [1.29, 1.82) is 0 Å². The molecule has 0 aromatic heterocycles. The lowest BCUT2D eigenvalue weighted by Crippen LogP contribution is -2.50. The number of carbonyl (C=O) groups is 3. The molecule has 0 radical (unpaired) electrons. The van der Waals surface area contributed by atoms with E-state index in [0.717, 1.165) is 34.4 Å². The van der Waals surface area contributed by atoms with Crippen molar-refractivity contribution in [2.75, 3.05) is 27.4 Å². The highest BCUT2D eigenvalue weighted by atomic mass is 32.2. The number of fused-ring (bicyclic) bond motifs is 2. The van der Waals surface area contributed by atoms with Crippen LogP contribution in [-0.4, -0.2) is 30.0 Å². The Morgan fingerprint density at radius 2 is 1.80 bits per heavy atom. The lowest BCUT2D eigenvalue weighted by Gasteiger charge is -2.33. The molecule has 3 amide bonds. The lowest BCUT2D eigenvalue weighted by atomic mass is 10.0. The highest BCUT2D eigenvalue weighted by Gasteiger charge is 2.61. The summed E-state index contributed by atoms with van der Waals surface area (Å²) in [4.78, 5) is 42.4. The molecule has 0 aliphatic carbocycles. The van der Waals surface area contributed by atoms with Crippen LogP contribution in [0.3, 0.4) is 0 Å². The van der Waals surface area contributed by atoms with Gasteiger partial charge in [0.15, 0.2) is 0 Å². The second-order valence-corrected chi connectivity index (χ2v) is 10.1. The zero-order chi connectivity index (χ0) is 24.7. The molecule has 3 aromatic rings. The molecular weight excluding hydrogens is 458 g/mol. The molecule has 0 unspecified atom stereocenters. The average molecular weight is 486 g/mol. The molecule has 1 saturated heterocycles. The normalized spacial score (nSPS) is 18.9. The SMILES string of the molecule is CCc1cccc(C)c1NC(=O)CN1C(=O)[C@]2(SCC(=O)N2c2cccc(C)c2)c2ccccc21. The largest absolute Gasteiger partial charge is 0.324 e. The number of thioether (sulfide) groups is 1. The van der Waals surface area contributed by atoms with Crippen LogP contribution in [0.4, 0.5) is 17.1 Å². The van der Waals surface area contributed by atoms with E-state index >= 15 is 0 Å². The molecule has 2 heterocycles. The minimum absolute atomic E-state index is 0.123. The third kappa shape index (κ3) is 3.71. The molecule has 1 fully saturated rings. The van der Waals surface area contributed by atoms with Gasteiger partial charge >= 0.3 is 0 Å². The smallest absolute Gasteiger partial charge is 0.269 e. The minimum atomic E-state index is -1.22. The maximum atomic E-state index is 14.1. The van der Waals surface area contributed by atoms with Crippen LogP contribution in [0.25, 0.3) is 0 Å². The van der Waals surface area contributed by atoms with E-state index in [1.54, 1.807) is 4.90 Å². The maximum absolute atomic E-state index is 14.1. The molecule has 178 valence electrons. The van der Waals surface area contributed by atoms with Crippen molar-refractivity contribution in [2.45, 2.75) is 32.1 Å². The fourth-order valence-electron chi connectivity index (χ4n) is 5.00. The topological polar surface area (TPSA) is 69.7 Å². The summed E-state index contributed by atoms with van der Waals surface area (Å²) in [6.07, 6.45) is 0.788. The molecule has 5 rings (SSSR count). The highest BCUT2D eigenvalue weighted by molar-refractivity contribution is 8.02. The van der Waals surface area contributed by atoms with Gasteiger partial charge in [-0.3, -0.25) is 24.2 Å². The standard InChI is InChI=1S/C28H27N3O3S/c1-4-20-11-8-10-19(3)26(20)29-24(32)16-30-23-14-6-5-13-22(23)28(27(30)34)31(25(33)17-35-28)21-12-7-9-18(2)15-21/h5-15H,4,16-17H2,1-3H3,(H,29,32)/t28-/m1/s1.